The lowest BCUT2D eigenvalue weighted by Gasteiger charge is -2.22. The average Bonchev–Trinajstić information content (AvgIpc) is 3.27. The highest BCUT2D eigenvalue weighted by molar-refractivity contribution is 7.09. The van der Waals surface area contributed by atoms with Gasteiger partial charge in [0.15, 0.2) is 0 Å². The zero-order valence-electron chi connectivity index (χ0n) is 15.1. The molecule has 0 spiro atoms. The zero-order valence-corrected chi connectivity index (χ0v) is 15.9. The molecule has 0 aromatic carbocycles. The van der Waals surface area contributed by atoms with Crippen molar-refractivity contribution < 1.29 is 4.79 Å². The molecule has 0 saturated carbocycles. The van der Waals surface area contributed by atoms with Crippen molar-refractivity contribution in [3.05, 3.63) is 51.0 Å². The monoisotopic (exact) mass is 358 g/mol. The minimum Gasteiger partial charge on any atom is -0.331 e. The van der Waals surface area contributed by atoms with Crippen LogP contribution in [0.5, 0.6) is 0 Å². The summed E-state index contributed by atoms with van der Waals surface area (Å²) in [6.45, 7) is 8.45. The van der Waals surface area contributed by atoms with Gasteiger partial charge < -0.3 is 4.90 Å². The fraction of sp³-hybridized carbons (Fsp3) is 0.412. The summed E-state index contributed by atoms with van der Waals surface area (Å²) in [5.74, 6) is -0.128. The number of aromatic nitrogens is 5. The summed E-state index contributed by atoms with van der Waals surface area (Å²) in [7, 11) is 1.78. The Labute approximate surface area is 150 Å². The van der Waals surface area contributed by atoms with Crippen LogP contribution in [0.2, 0.25) is 0 Å². The van der Waals surface area contributed by atoms with Crippen LogP contribution in [-0.2, 0) is 6.54 Å². The normalized spacial score (nSPS) is 12.4. The molecule has 7 nitrogen and oxygen atoms in total. The van der Waals surface area contributed by atoms with Crippen molar-refractivity contribution in [3.63, 3.8) is 0 Å². The summed E-state index contributed by atoms with van der Waals surface area (Å²) in [4.78, 5) is 18.8. The first kappa shape index (κ1) is 17.3. The standard InChI is InChI=1S/C17H22N6OS/c1-10-6-12(3)23(21-10)8-14-7-15(20-19-14)17(24)22(5)13(4)16-18-11(2)9-25-16/h6-7,9,13H,8H2,1-5H3,(H,19,20)/t13-/m0/s1. The Kier molecular flexibility index (Phi) is 4.71. The first-order valence-corrected chi connectivity index (χ1v) is 8.97. The maximum atomic E-state index is 12.7. The number of hydrogen-bond donors (Lipinski definition) is 1. The molecule has 0 unspecified atom stereocenters. The SMILES string of the molecule is Cc1csc([C@H](C)N(C)C(=O)c2cc(Cn3nc(C)cc3C)[nH]n2)n1. The van der Waals surface area contributed by atoms with Crippen LogP contribution >= 0.6 is 11.3 Å². The molecule has 132 valence electrons. The molecule has 3 heterocycles. The van der Waals surface area contributed by atoms with Crippen molar-refractivity contribution in [1.29, 1.82) is 0 Å². The molecule has 0 bridgehead atoms. The van der Waals surface area contributed by atoms with Gasteiger partial charge in [-0.25, -0.2) is 4.98 Å². The van der Waals surface area contributed by atoms with Crippen LogP contribution in [0.1, 0.15) is 51.2 Å². The summed E-state index contributed by atoms with van der Waals surface area (Å²) in [6.07, 6.45) is 0. The lowest BCUT2D eigenvalue weighted by Crippen LogP contribution is -2.29. The predicted octanol–water partition coefficient (Wildman–Crippen LogP) is 2.87. The molecule has 0 fully saturated rings. The van der Waals surface area contributed by atoms with Crippen LogP contribution in [0.4, 0.5) is 0 Å². The number of rotatable bonds is 5. The third-order valence-corrected chi connectivity index (χ3v) is 5.30. The van der Waals surface area contributed by atoms with E-state index in [-0.39, 0.29) is 11.9 Å². The fourth-order valence-corrected chi connectivity index (χ4v) is 3.53. The maximum absolute atomic E-state index is 12.7. The fourth-order valence-electron chi connectivity index (χ4n) is 2.63. The smallest absolute Gasteiger partial charge is 0.274 e. The Morgan fingerprint density at radius 2 is 2.08 bits per heavy atom. The van der Waals surface area contributed by atoms with E-state index in [2.05, 4.69) is 20.3 Å². The van der Waals surface area contributed by atoms with E-state index < -0.39 is 0 Å². The predicted molar refractivity (Wildman–Crippen MR) is 96.8 cm³/mol. The number of H-pyrrole nitrogens is 1. The summed E-state index contributed by atoms with van der Waals surface area (Å²) in [5.41, 5.74) is 4.27. The summed E-state index contributed by atoms with van der Waals surface area (Å²) in [5, 5.41) is 14.5. The Bertz CT molecular complexity index is 893. The molecular formula is C17H22N6OS. The van der Waals surface area contributed by atoms with Gasteiger partial charge >= 0.3 is 0 Å². The second-order valence-electron chi connectivity index (χ2n) is 6.28. The minimum atomic E-state index is -0.128. The van der Waals surface area contributed by atoms with E-state index in [1.165, 1.54) is 0 Å². The molecule has 0 saturated heterocycles. The zero-order chi connectivity index (χ0) is 18.1. The third kappa shape index (κ3) is 3.63. The number of aromatic amines is 1. The summed E-state index contributed by atoms with van der Waals surface area (Å²) >= 11 is 1.56. The molecule has 1 amide bonds. The van der Waals surface area contributed by atoms with Gasteiger partial charge in [0, 0.05) is 23.8 Å². The molecule has 1 atom stereocenters. The van der Waals surface area contributed by atoms with E-state index >= 15 is 0 Å². The van der Waals surface area contributed by atoms with Gasteiger partial charge in [-0.3, -0.25) is 14.6 Å². The lowest BCUT2D eigenvalue weighted by molar-refractivity contribution is 0.0736. The van der Waals surface area contributed by atoms with Crippen molar-refractivity contribution in [2.75, 3.05) is 7.05 Å². The molecule has 25 heavy (non-hydrogen) atoms. The summed E-state index contributed by atoms with van der Waals surface area (Å²) < 4.78 is 1.89. The highest BCUT2D eigenvalue weighted by Gasteiger charge is 2.23. The molecule has 0 aliphatic carbocycles. The van der Waals surface area contributed by atoms with Crippen LogP contribution in [-0.4, -0.2) is 42.8 Å². The van der Waals surface area contributed by atoms with Crippen LogP contribution in [0.3, 0.4) is 0 Å². The third-order valence-electron chi connectivity index (χ3n) is 4.17. The maximum Gasteiger partial charge on any atom is 0.274 e. The van der Waals surface area contributed by atoms with E-state index in [1.54, 1.807) is 29.4 Å². The van der Waals surface area contributed by atoms with Gasteiger partial charge in [-0.05, 0) is 39.8 Å². The number of thiazole rings is 1. The van der Waals surface area contributed by atoms with E-state index in [0.29, 0.717) is 12.2 Å². The second kappa shape index (κ2) is 6.79. The molecule has 8 heteroatoms. The molecule has 1 N–H and O–H groups in total. The van der Waals surface area contributed by atoms with Gasteiger partial charge in [-0.1, -0.05) is 0 Å². The Hall–Kier alpha value is -2.48. The van der Waals surface area contributed by atoms with Crippen molar-refractivity contribution in [2.24, 2.45) is 0 Å². The van der Waals surface area contributed by atoms with Crippen LogP contribution in [0.15, 0.2) is 17.5 Å². The number of nitrogens with zero attached hydrogens (tertiary/aromatic N) is 5. The van der Waals surface area contributed by atoms with Crippen molar-refractivity contribution in [1.82, 2.24) is 29.9 Å². The number of amides is 1. The Morgan fingerprint density at radius 1 is 1.32 bits per heavy atom. The highest BCUT2D eigenvalue weighted by atomic mass is 32.1. The molecule has 3 aromatic heterocycles. The molecule has 0 aliphatic rings. The topological polar surface area (TPSA) is 79.7 Å². The van der Waals surface area contributed by atoms with Crippen LogP contribution in [0, 0.1) is 20.8 Å². The largest absolute Gasteiger partial charge is 0.331 e. The number of carbonyl (C=O) groups is 1. The lowest BCUT2D eigenvalue weighted by atomic mass is 10.2. The van der Waals surface area contributed by atoms with Crippen molar-refractivity contribution >= 4 is 17.2 Å². The van der Waals surface area contributed by atoms with Crippen molar-refractivity contribution in [3.8, 4) is 0 Å². The van der Waals surface area contributed by atoms with E-state index in [1.807, 2.05) is 43.8 Å². The van der Waals surface area contributed by atoms with Gasteiger partial charge in [-0.15, -0.1) is 11.3 Å². The molecular weight excluding hydrogens is 336 g/mol. The van der Waals surface area contributed by atoms with E-state index in [0.717, 1.165) is 27.8 Å². The second-order valence-corrected chi connectivity index (χ2v) is 7.17. The Balaban J connectivity index is 1.72. The number of aryl methyl sites for hydroxylation is 3. The number of hydrogen-bond acceptors (Lipinski definition) is 5. The first-order chi connectivity index (χ1) is 11.8. The van der Waals surface area contributed by atoms with Gasteiger partial charge in [0.1, 0.15) is 10.7 Å². The van der Waals surface area contributed by atoms with E-state index in [4.69, 9.17) is 0 Å². The van der Waals surface area contributed by atoms with Crippen molar-refractivity contribution in [2.45, 2.75) is 40.3 Å². The quantitative estimate of drug-likeness (QED) is 0.760. The van der Waals surface area contributed by atoms with Gasteiger partial charge in [-0.2, -0.15) is 10.2 Å². The minimum absolute atomic E-state index is 0.0950. The Morgan fingerprint density at radius 3 is 2.68 bits per heavy atom. The highest BCUT2D eigenvalue weighted by Crippen LogP contribution is 2.23. The van der Waals surface area contributed by atoms with Crippen LogP contribution < -0.4 is 0 Å². The van der Waals surface area contributed by atoms with Crippen LogP contribution in [0.25, 0.3) is 0 Å². The number of nitrogens with one attached hydrogen (secondary N) is 1. The molecule has 3 aromatic rings. The molecule has 3 rings (SSSR count). The van der Waals surface area contributed by atoms with E-state index in [9.17, 15) is 4.79 Å². The van der Waals surface area contributed by atoms with Gasteiger partial charge in [0.05, 0.1) is 24.0 Å². The van der Waals surface area contributed by atoms with Gasteiger partial charge in [0.2, 0.25) is 0 Å². The molecule has 0 aliphatic heterocycles. The average molecular weight is 358 g/mol. The first-order valence-electron chi connectivity index (χ1n) is 8.09. The summed E-state index contributed by atoms with van der Waals surface area (Å²) in [6, 6.07) is 3.71. The van der Waals surface area contributed by atoms with Gasteiger partial charge in [0.25, 0.3) is 5.91 Å². The number of carbonyl (C=O) groups excluding carboxylic acids is 1. The molecule has 0 radical (unpaired) electrons.